The zero-order chi connectivity index (χ0) is 22.3. The second kappa shape index (κ2) is 8.46. The summed E-state index contributed by atoms with van der Waals surface area (Å²) in [5.74, 6) is 3.86. The Morgan fingerprint density at radius 1 is 1.03 bits per heavy atom. The Morgan fingerprint density at radius 2 is 1.84 bits per heavy atom. The lowest BCUT2D eigenvalue weighted by molar-refractivity contribution is 0.0946. The maximum absolute atomic E-state index is 6.21. The summed E-state index contributed by atoms with van der Waals surface area (Å²) in [6, 6.07) is 14.9. The van der Waals surface area contributed by atoms with E-state index < -0.39 is 0 Å². The Morgan fingerprint density at radius 3 is 2.59 bits per heavy atom. The van der Waals surface area contributed by atoms with Gasteiger partial charge in [0.1, 0.15) is 6.61 Å². The van der Waals surface area contributed by atoms with Crippen LogP contribution in [0.1, 0.15) is 61.6 Å². The Bertz CT molecular complexity index is 1000. The molecule has 0 amide bonds. The van der Waals surface area contributed by atoms with Crippen LogP contribution in [0, 0.1) is 17.3 Å². The quantitative estimate of drug-likeness (QED) is 0.540. The molecule has 5 rings (SSSR count). The molecule has 4 heteroatoms. The van der Waals surface area contributed by atoms with E-state index in [4.69, 9.17) is 14.6 Å². The minimum atomic E-state index is 0.270. The summed E-state index contributed by atoms with van der Waals surface area (Å²) in [6.07, 6.45) is 7.33. The van der Waals surface area contributed by atoms with E-state index in [1.165, 1.54) is 48.1 Å². The highest BCUT2D eigenvalue weighted by Crippen LogP contribution is 2.60. The molecule has 0 heterocycles. The highest BCUT2D eigenvalue weighted by Gasteiger charge is 2.53. The van der Waals surface area contributed by atoms with E-state index in [2.05, 4.69) is 57.4 Å². The number of benzene rings is 2. The zero-order valence-corrected chi connectivity index (χ0v) is 19.9. The number of nitrogens with zero attached hydrogens (tertiary/aromatic N) is 2. The van der Waals surface area contributed by atoms with Gasteiger partial charge in [-0.2, -0.15) is 5.10 Å². The van der Waals surface area contributed by atoms with Crippen molar-refractivity contribution < 1.29 is 9.47 Å². The molecule has 3 unspecified atom stereocenters. The summed E-state index contributed by atoms with van der Waals surface area (Å²) >= 11 is 0. The van der Waals surface area contributed by atoms with Gasteiger partial charge in [0.15, 0.2) is 11.5 Å². The first-order valence-corrected chi connectivity index (χ1v) is 12.1. The van der Waals surface area contributed by atoms with Gasteiger partial charge in [-0.05, 0) is 85.1 Å². The minimum absolute atomic E-state index is 0.270. The summed E-state index contributed by atoms with van der Waals surface area (Å²) in [5, 5.41) is 6.91. The minimum Gasteiger partial charge on any atom is -0.493 e. The van der Waals surface area contributed by atoms with Gasteiger partial charge in [-0.25, -0.2) is 0 Å². The number of aryl methyl sites for hydroxylation is 1. The lowest BCUT2D eigenvalue weighted by Crippen LogP contribution is -2.42. The van der Waals surface area contributed by atoms with E-state index in [0.717, 1.165) is 36.2 Å². The molecule has 0 aliphatic heterocycles. The topological polar surface area (TPSA) is 34.1 Å². The Balaban J connectivity index is 1.40. The molecular formula is C28H36N2O2. The molecule has 2 fully saturated rings. The molecule has 0 N–H and O–H groups in total. The first-order chi connectivity index (χ1) is 15.5. The van der Waals surface area contributed by atoms with E-state index in [1.54, 1.807) is 7.11 Å². The van der Waals surface area contributed by atoms with Gasteiger partial charge in [0.2, 0.25) is 0 Å². The van der Waals surface area contributed by atoms with Crippen LogP contribution >= 0.6 is 0 Å². The van der Waals surface area contributed by atoms with Gasteiger partial charge < -0.3 is 14.5 Å². The normalized spacial score (nSPS) is 29.8. The first-order valence-electron chi connectivity index (χ1n) is 12.1. The first kappa shape index (κ1) is 21.4. The maximum atomic E-state index is 6.21. The van der Waals surface area contributed by atoms with Gasteiger partial charge >= 0.3 is 0 Å². The predicted molar refractivity (Wildman–Crippen MR) is 130 cm³/mol. The van der Waals surface area contributed by atoms with Crippen LogP contribution < -0.4 is 9.47 Å². The highest BCUT2D eigenvalue weighted by molar-refractivity contribution is 5.92. The molecule has 0 spiro atoms. The van der Waals surface area contributed by atoms with Crippen molar-refractivity contribution in [1.29, 1.82) is 0 Å². The van der Waals surface area contributed by atoms with Crippen molar-refractivity contribution in [3.05, 3.63) is 59.2 Å². The molecule has 0 bridgehead atoms. The van der Waals surface area contributed by atoms with Crippen LogP contribution in [-0.2, 0) is 13.0 Å². The number of fused-ring (bicyclic) bond motifs is 5. The fraction of sp³-hybridized carbons (Fsp3) is 0.536. The fourth-order valence-corrected chi connectivity index (χ4v) is 6.78. The van der Waals surface area contributed by atoms with E-state index >= 15 is 0 Å². The summed E-state index contributed by atoms with van der Waals surface area (Å²) < 4.78 is 12.0. The van der Waals surface area contributed by atoms with E-state index in [0.29, 0.717) is 12.5 Å². The van der Waals surface area contributed by atoms with Crippen LogP contribution in [0.5, 0.6) is 11.5 Å². The molecule has 2 aromatic carbocycles. The summed E-state index contributed by atoms with van der Waals surface area (Å²) in [7, 11) is 5.86. The van der Waals surface area contributed by atoms with Crippen LogP contribution in [0.15, 0.2) is 47.6 Å². The number of rotatable bonds is 5. The average molecular weight is 433 g/mol. The fourth-order valence-electron chi connectivity index (χ4n) is 6.78. The molecular weight excluding hydrogens is 396 g/mol. The molecule has 4 atom stereocenters. The van der Waals surface area contributed by atoms with Crippen molar-refractivity contribution in [1.82, 2.24) is 5.01 Å². The monoisotopic (exact) mass is 432 g/mol. The Kier molecular flexibility index (Phi) is 5.65. The molecule has 170 valence electrons. The smallest absolute Gasteiger partial charge is 0.161 e. The number of hydrogen-bond donors (Lipinski definition) is 0. The third-order valence-electron chi connectivity index (χ3n) is 8.31. The van der Waals surface area contributed by atoms with Crippen LogP contribution in [0.25, 0.3) is 0 Å². The maximum Gasteiger partial charge on any atom is 0.161 e. The van der Waals surface area contributed by atoms with Crippen molar-refractivity contribution >= 4 is 5.71 Å². The van der Waals surface area contributed by atoms with Crippen LogP contribution in [-0.4, -0.2) is 31.9 Å². The van der Waals surface area contributed by atoms with Crippen LogP contribution in [0.2, 0.25) is 0 Å². The highest BCUT2D eigenvalue weighted by atomic mass is 16.5. The number of ether oxygens (including phenoxy) is 2. The molecule has 32 heavy (non-hydrogen) atoms. The van der Waals surface area contributed by atoms with Crippen molar-refractivity contribution in [3.8, 4) is 11.5 Å². The molecule has 0 radical (unpaired) electrons. The van der Waals surface area contributed by atoms with Gasteiger partial charge in [0.05, 0.1) is 7.11 Å². The molecule has 4 nitrogen and oxygen atoms in total. The Hall–Kier alpha value is -2.49. The Labute approximate surface area is 192 Å². The molecule has 3 aliphatic rings. The van der Waals surface area contributed by atoms with Gasteiger partial charge in [0, 0.05) is 25.2 Å². The molecule has 2 saturated carbocycles. The summed E-state index contributed by atoms with van der Waals surface area (Å²) in [5.41, 5.74) is 5.84. The van der Waals surface area contributed by atoms with Gasteiger partial charge in [-0.1, -0.05) is 37.3 Å². The number of methoxy groups -OCH3 is 1. The third kappa shape index (κ3) is 3.68. The van der Waals surface area contributed by atoms with Gasteiger partial charge in [0.25, 0.3) is 0 Å². The van der Waals surface area contributed by atoms with Gasteiger partial charge in [-0.15, -0.1) is 0 Å². The molecule has 2 aromatic rings. The third-order valence-corrected chi connectivity index (χ3v) is 8.31. The molecule has 0 aromatic heterocycles. The van der Waals surface area contributed by atoms with Gasteiger partial charge in [-0.3, -0.25) is 0 Å². The van der Waals surface area contributed by atoms with Crippen LogP contribution in [0.4, 0.5) is 0 Å². The van der Waals surface area contributed by atoms with Crippen molar-refractivity contribution in [2.75, 3.05) is 21.2 Å². The summed E-state index contributed by atoms with van der Waals surface area (Å²) in [4.78, 5) is 0. The molecule has 0 saturated heterocycles. The summed E-state index contributed by atoms with van der Waals surface area (Å²) in [6.45, 7) is 3.05. The standard InChI is InChI=1S/C28H36N2O2/c1-28-15-14-21-22(24(28)12-13-27(28)29-30(2)3)11-10-20-16-26(25(31-4)17-23(20)21)32-18-19-8-6-5-7-9-19/h5-9,16-17,21-22,24H,10-15,18H2,1-4H3/b29-27+/t21?,22?,24?,28-/m0/s1. The van der Waals surface area contributed by atoms with Crippen molar-refractivity contribution in [2.24, 2.45) is 22.4 Å². The predicted octanol–water partition coefficient (Wildman–Crippen LogP) is 6.05. The molecule has 3 aliphatic carbocycles. The lowest BCUT2D eigenvalue weighted by atomic mass is 9.55. The second-order valence-corrected chi connectivity index (χ2v) is 10.3. The average Bonchev–Trinajstić information content (AvgIpc) is 3.13. The largest absolute Gasteiger partial charge is 0.493 e. The zero-order valence-electron chi connectivity index (χ0n) is 19.9. The van der Waals surface area contributed by atoms with Crippen LogP contribution in [0.3, 0.4) is 0 Å². The number of hydrazone groups is 1. The SMILES string of the molecule is COc1cc2c(cc1OCc1ccccc1)CCC1C2CC[C@]2(C)/C(=N/N(C)C)CCC12. The second-order valence-electron chi connectivity index (χ2n) is 10.3. The lowest BCUT2D eigenvalue weighted by Gasteiger charge is -2.49. The number of hydrogen-bond acceptors (Lipinski definition) is 4. The van der Waals surface area contributed by atoms with Crippen molar-refractivity contribution in [2.45, 2.75) is 58.0 Å². The van der Waals surface area contributed by atoms with E-state index in [9.17, 15) is 0 Å². The van der Waals surface area contributed by atoms with E-state index in [-0.39, 0.29) is 5.41 Å². The van der Waals surface area contributed by atoms with Crippen molar-refractivity contribution in [3.63, 3.8) is 0 Å². The van der Waals surface area contributed by atoms with E-state index in [1.807, 2.05) is 11.1 Å².